The van der Waals surface area contributed by atoms with Crippen LogP contribution in [-0.2, 0) is 10.8 Å². The van der Waals surface area contributed by atoms with Gasteiger partial charge in [0.2, 0.25) is 0 Å². The summed E-state index contributed by atoms with van der Waals surface area (Å²) in [6.07, 6.45) is 0. The Bertz CT molecular complexity index is 6840. The van der Waals surface area contributed by atoms with E-state index in [9.17, 15) is 0 Å². The van der Waals surface area contributed by atoms with Gasteiger partial charge in [-0.3, -0.25) is 0 Å². The summed E-state index contributed by atoms with van der Waals surface area (Å²) < 4.78 is 9.36. The highest BCUT2D eigenvalue weighted by Gasteiger charge is 2.49. The highest BCUT2D eigenvalue weighted by atomic mass is 32.1. The highest BCUT2D eigenvalue weighted by molar-refractivity contribution is 7.25. The molecule has 0 saturated carbocycles. The molecule has 3 nitrogen and oxygen atoms in total. The number of rotatable bonds is 12. The van der Waals surface area contributed by atoms with Gasteiger partial charge in [0, 0.05) is 70.6 Å². The van der Waals surface area contributed by atoms with Gasteiger partial charge in [-0.05, 0) is 214 Å². The molecule has 1 atom stereocenters. The molecule has 2 aliphatic carbocycles. The van der Waals surface area contributed by atoms with Gasteiger partial charge < -0.3 is 14.2 Å². The minimum Gasteiger partial charge on any atom is -0.455 e. The highest BCUT2D eigenvalue weighted by Crippen LogP contribution is 2.60. The Balaban J connectivity index is 0.000000140. The molecule has 0 bridgehead atoms. The lowest BCUT2D eigenvalue weighted by Gasteiger charge is -2.34. The van der Waals surface area contributed by atoms with E-state index in [-0.39, 0.29) is 0 Å². The maximum Gasteiger partial charge on any atom is 0.143 e. The maximum atomic E-state index is 6.71. The summed E-state index contributed by atoms with van der Waals surface area (Å²) in [5.74, 6) is 0. The van der Waals surface area contributed by atoms with Crippen LogP contribution in [0.2, 0.25) is 0 Å². The molecule has 0 fully saturated rings. The standard InChI is InChI=1S/C53H35NO.C53H35NS/c1-3-15-40(16-4-1)53(48-21-11-9-20-47(48)51-49(53)34-33-46-45-19-10-12-22-50(45)55-52(46)51)41-27-31-44(32-28-41)54(42-17-5-2-6-18-42)43-29-25-37(26-30-43)39-24-23-36-13-7-8-14-38(36)35-39;1-2-14-42(15-3-1)54(43-29-24-37(25-30-43)39-23-22-36-12-4-5-13-38(36)34-39)44-31-26-40(27-32-44)53(49-19-9-6-16-45(49)46-17-7-10-20-50(46)53)41-28-33-52-48(35-41)47-18-8-11-21-51(47)55-52/h2*1-35H. The Morgan fingerprint density at radius 2 is 0.600 bits per heavy atom. The van der Waals surface area contributed by atoms with Gasteiger partial charge in [0.25, 0.3) is 0 Å². The van der Waals surface area contributed by atoms with E-state index >= 15 is 0 Å². The largest absolute Gasteiger partial charge is 0.455 e. The first kappa shape index (κ1) is 64.5. The van der Waals surface area contributed by atoms with Crippen molar-refractivity contribution in [3.63, 3.8) is 0 Å². The van der Waals surface area contributed by atoms with E-state index in [1.165, 1.54) is 131 Å². The normalized spacial score (nSPS) is 13.7. The van der Waals surface area contributed by atoms with E-state index in [2.05, 4.69) is 428 Å². The van der Waals surface area contributed by atoms with Gasteiger partial charge in [0.1, 0.15) is 11.2 Å². The molecule has 2 aromatic heterocycles. The Labute approximate surface area is 643 Å². The van der Waals surface area contributed by atoms with Crippen molar-refractivity contribution in [2.75, 3.05) is 9.80 Å². The van der Waals surface area contributed by atoms with Crippen LogP contribution in [0.3, 0.4) is 0 Å². The molecule has 0 spiro atoms. The van der Waals surface area contributed by atoms with Gasteiger partial charge in [-0.25, -0.2) is 0 Å². The third-order valence-corrected chi connectivity index (χ3v) is 24.2. The summed E-state index contributed by atoms with van der Waals surface area (Å²) in [6, 6.07) is 155. The molecule has 2 aliphatic rings. The van der Waals surface area contributed by atoms with Crippen LogP contribution in [0.1, 0.15) is 44.5 Å². The Kier molecular flexibility index (Phi) is 15.6. The van der Waals surface area contributed by atoms with Crippen molar-refractivity contribution in [1.82, 2.24) is 0 Å². The van der Waals surface area contributed by atoms with Crippen LogP contribution in [-0.4, -0.2) is 0 Å². The van der Waals surface area contributed by atoms with Crippen LogP contribution < -0.4 is 9.80 Å². The number of thiophene rings is 1. The van der Waals surface area contributed by atoms with Gasteiger partial charge in [0.15, 0.2) is 0 Å². The zero-order valence-corrected chi connectivity index (χ0v) is 60.9. The van der Waals surface area contributed by atoms with Crippen molar-refractivity contribution in [2.24, 2.45) is 0 Å². The van der Waals surface area contributed by atoms with E-state index in [0.717, 1.165) is 56.1 Å². The van der Waals surface area contributed by atoms with Gasteiger partial charge >= 0.3 is 0 Å². The lowest BCUT2D eigenvalue weighted by molar-refractivity contribution is 0.669. The Morgan fingerprint density at radius 3 is 1.15 bits per heavy atom. The topological polar surface area (TPSA) is 19.6 Å². The van der Waals surface area contributed by atoms with Crippen LogP contribution in [0.4, 0.5) is 34.1 Å². The maximum absolute atomic E-state index is 6.71. The molecule has 1 unspecified atom stereocenters. The van der Waals surface area contributed by atoms with Crippen molar-refractivity contribution < 1.29 is 4.42 Å². The first-order valence-electron chi connectivity index (χ1n) is 37.8. The second-order valence-corrected chi connectivity index (χ2v) is 30.0. The van der Waals surface area contributed by atoms with Crippen LogP contribution in [0.5, 0.6) is 0 Å². The zero-order valence-electron chi connectivity index (χ0n) is 60.1. The number of benzene rings is 18. The lowest BCUT2D eigenvalue weighted by atomic mass is 9.67. The lowest BCUT2D eigenvalue weighted by Crippen LogP contribution is -2.28. The number of para-hydroxylation sites is 3. The molecule has 0 saturated heterocycles. The van der Waals surface area contributed by atoms with Crippen molar-refractivity contribution >= 4 is 109 Å². The number of nitrogens with zero attached hydrogens (tertiary/aromatic N) is 2. The SMILES string of the molecule is c1ccc(N(c2ccc(-c3ccc4ccccc4c3)cc2)c2ccc(C3(c4ccc5sc6ccccc6c5c4)c4ccccc4-c4ccccc43)cc2)cc1.c1ccc(N(c2ccc(-c3ccc4ccccc4c3)cc2)c2ccc(C3(c4ccccc4)c4ccccc4-c4c3ccc3c4oc4ccccc43)cc2)cc1. The molecule has 110 heavy (non-hydrogen) atoms. The van der Waals surface area contributed by atoms with Crippen molar-refractivity contribution in [2.45, 2.75) is 10.8 Å². The first-order chi connectivity index (χ1) is 54.5. The summed E-state index contributed by atoms with van der Waals surface area (Å²) in [4.78, 5) is 4.71. The average molecular weight is 1420 g/mol. The fraction of sp³-hybridized carbons (Fsp3) is 0.0189. The fourth-order valence-corrected chi connectivity index (χ4v) is 19.2. The van der Waals surface area contributed by atoms with E-state index in [4.69, 9.17) is 4.42 Å². The number of hydrogen-bond acceptors (Lipinski definition) is 4. The predicted octanol–water partition coefficient (Wildman–Crippen LogP) is 28.9. The van der Waals surface area contributed by atoms with E-state index in [0.29, 0.717) is 0 Å². The molecule has 2 heterocycles. The number of anilines is 6. The molecule has 0 radical (unpaired) electrons. The van der Waals surface area contributed by atoms with Crippen molar-refractivity contribution in [3.8, 4) is 44.5 Å². The zero-order chi connectivity index (χ0) is 72.7. The summed E-state index contributed by atoms with van der Waals surface area (Å²) in [5, 5.41) is 9.94. The van der Waals surface area contributed by atoms with Gasteiger partial charge in [0.05, 0.1) is 10.8 Å². The van der Waals surface area contributed by atoms with Crippen LogP contribution in [0.15, 0.2) is 429 Å². The molecule has 0 N–H and O–H groups in total. The van der Waals surface area contributed by atoms with Crippen LogP contribution >= 0.6 is 11.3 Å². The minimum absolute atomic E-state index is 0.484. The molecule has 516 valence electrons. The third-order valence-electron chi connectivity index (χ3n) is 23.1. The first-order valence-corrected chi connectivity index (χ1v) is 38.7. The molecule has 4 heteroatoms. The van der Waals surface area contributed by atoms with E-state index in [1.807, 2.05) is 17.4 Å². The molecular weight excluding hydrogens is 1350 g/mol. The summed E-state index contributed by atoms with van der Waals surface area (Å²) in [7, 11) is 0. The van der Waals surface area contributed by atoms with Crippen molar-refractivity contribution in [3.05, 3.63) is 469 Å². The van der Waals surface area contributed by atoms with E-state index in [1.54, 1.807) is 0 Å². The van der Waals surface area contributed by atoms with Gasteiger partial charge in [-0.1, -0.05) is 315 Å². The molecule has 22 rings (SSSR count). The number of furan rings is 1. The molecule has 18 aromatic carbocycles. The third kappa shape index (κ3) is 10.5. The Morgan fingerprint density at radius 1 is 0.218 bits per heavy atom. The average Bonchev–Trinajstić information content (AvgIpc) is 1.53. The second-order valence-electron chi connectivity index (χ2n) is 28.9. The summed E-state index contributed by atoms with van der Waals surface area (Å²) in [5.41, 5.74) is 27.4. The van der Waals surface area contributed by atoms with Crippen LogP contribution in [0, 0.1) is 0 Å². The number of fused-ring (bicyclic) bond motifs is 15. The predicted molar refractivity (Wildman–Crippen MR) is 463 cm³/mol. The van der Waals surface area contributed by atoms with Crippen molar-refractivity contribution in [1.29, 1.82) is 0 Å². The van der Waals surface area contributed by atoms with Gasteiger partial charge in [-0.2, -0.15) is 0 Å². The quantitative estimate of drug-likeness (QED) is 0.122. The smallest absolute Gasteiger partial charge is 0.143 e. The van der Waals surface area contributed by atoms with E-state index < -0.39 is 10.8 Å². The molecule has 20 aromatic rings. The monoisotopic (exact) mass is 1420 g/mol. The molecule has 0 aliphatic heterocycles. The van der Waals surface area contributed by atoms with Crippen LogP contribution in [0.25, 0.3) is 108 Å². The minimum atomic E-state index is -0.544. The number of hydrogen-bond donors (Lipinski definition) is 0. The Hall–Kier alpha value is -13.9. The van der Waals surface area contributed by atoms with Gasteiger partial charge in [-0.15, -0.1) is 11.3 Å². The summed E-state index contributed by atoms with van der Waals surface area (Å²) >= 11 is 1.87. The molecule has 0 amide bonds. The second kappa shape index (κ2) is 26.5. The fourth-order valence-electron chi connectivity index (χ4n) is 18.1. The summed E-state index contributed by atoms with van der Waals surface area (Å²) in [6.45, 7) is 0. The molecular formula is C106H70N2OS.